The van der Waals surface area contributed by atoms with E-state index in [1.807, 2.05) is 6.07 Å². The lowest BCUT2D eigenvalue weighted by Gasteiger charge is -2.40. The second kappa shape index (κ2) is 22.2. The predicted octanol–water partition coefficient (Wildman–Crippen LogP) is 4.39. The summed E-state index contributed by atoms with van der Waals surface area (Å²) in [6, 6.07) is 8.89. The van der Waals surface area contributed by atoms with Crippen molar-refractivity contribution in [3.63, 3.8) is 0 Å². The molecular formula is C40H46F3N7O8S. The number of nitrogens with zero attached hydrogens (tertiary/aromatic N) is 6. The summed E-state index contributed by atoms with van der Waals surface area (Å²) < 4.78 is 73.1. The maximum absolute atomic E-state index is 15.7. The fourth-order valence-electron chi connectivity index (χ4n) is 6.25. The van der Waals surface area contributed by atoms with Gasteiger partial charge in [0.15, 0.2) is 11.9 Å². The van der Waals surface area contributed by atoms with Gasteiger partial charge in [-0.2, -0.15) is 10.4 Å². The van der Waals surface area contributed by atoms with Crippen molar-refractivity contribution in [3.05, 3.63) is 101 Å². The zero-order chi connectivity index (χ0) is 42.2. The summed E-state index contributed by atoms with van der Waals surface area (Å²) in [4.78, 5) is 46.4. The van der Waals surface area contributed by atoms with E-state index in [0.717, 1.165) is 44.4 Å². The highest BCUT2D eigenvalue weighted by Crippen LogP contribution is 2.42. The van der Waals surface area contributed by atoms with Crippen molar-refractivity contribution in [2.24, 2.45) is 0 Å². The Balaban J connectivity index is 1.17. The Labute approximate surface area is 344 Å². The Kier molecular flexibility index (Phi) is 16.9. The summed E-state index contributed by atoms with van der Waals surface area (Å²) >= 11 is 1.25. The number of benzene rings is 2. The summed E-state index contributed by atoms with van der Waals surface area (Å²) in [6.45, 7) is 5.75. The highest BCUT2D eigenvalue weighted by atomic mass is 32.2. The van der Waals surface area contributed by atoms with Crippen LogP contribution in [0.25, 0.3) is 6.08 Å². The predicted molar refractivity (Wildman–Crippen MR) is 209 cm³/mol. The number of thioether (sulfide) groups is 1. The molecule has 59 heavy (non-hydrogen) atoms. The average Bonchev–Trinajstić information content (AvgIpc) is 3.73. The lowest BCUT2D eigenvalue weighted by atomic mass is 9.89. The summed E-state index contributed by atoms with van der Waals surface area (Å²) in [5.41, 5.74) is -1.58. The number of hydrogen-bond donors (Lipinski definition) is 1. The zero-order valence-electron chi connectivity index (χ0n) is 32.6. The van der Waals surface area contributed by atoms with Gasteiger partial charge >= 0.3 is 12.1 Å². The molecule has 19 heteroatoms. The summed E-state index contributed by atoms with van der Waals surface area (Å²) in [5.74, 6) is -3.52. The van der Waals surface area contributed by atoms with Gasteiger partial charge in [-0.1, -0.05) is 24.3 Å². The number of nitrogens with one attached hydrogen (secondary N) is 1. The third-order valence-electron chi connectivity index (χ3n) is 9.55. The van der Waals surface area contributed by atoms with Crippen molar-refractivity contribution >= 4 is 35.9 Å². The maximum atomic E-state index is 15.7. The van der Waals surface area contributed by atoms with E-state index < -0.39 is 53.5 Å². The molecule has 2 aliphatic heterocycles. The van der Waals surface area contributed by atoms with Crippen LogP contribution in [0.5, 0.6) is 0 Å². The van der Waals surface area contributed by atoms with Gasteiger partial charge in [-0.25, -0.2) is 27.6 Å². The van der Waals surface area contributed by atoms with Crippen LogP contribution in [0.2, 0.25) is 0 Å². The molecule has 0 spiro atoms. The second-order valence-corrected chi connectivity index (χ2v) is 15.4. The standard InChI is InChI=1S/C40H46F3N7O8S/c1-28(59-32-22-54-38(55-23-32)6-4-3-5-30-8-7-29(21-44)19-34(30)42)40(24-50-26-45-25-47-50,33-10-9-31(41)20-35(33)43)58-39(53)57-27-56-37(52)12-11-36(51)46-13-14-49-17-15-48(2)16-18-49/h3-10,19-20,25-26,28,32,38H,11-18,22-24,27H2,1-2H3,(H,46,51). The third kappa shape index (κ3) is 13.6. The number of ether oxygens (including phenoxy) is 5. The van der Waals surface area contributed by atoms with Crippen LogP contribution in [-0.4, -0.2) is 126 Å². The molecule has 0 aliphatic carbocycles. The molecule has 316 valence electrons. The third-order valence-corrected chi connectivity index (χ3v) is 11.0. The molecule has 1 N–H and O–H groups in total. The smallest absolute Gasteiger partial charge is 0.428 e. The molecule has 3 heterocycles. The molecule has 2 aliphatic rings. The van der Waals surface area contributed by atoms with Gasteiger partial charge in [0.25, 0.3) is 0 Å². The number of aromatic nitrogens is 3. The van der Waals surface area contributed by atoms with E-state index in [1.54, 1.807) is 25.2 Å². The van der Waals surface area contributed by atoms with Gasteiger partial charge in [-0.05, 0) is 44.3 Å². The molecular weight excluding hydrogens is 796 g/mol. The molecule has 2 aromatic carbocycles. The number of hydrogen-bond acceptors (Lipinski definition) is 14. The minimum absolute atomic E-state index is 0.130. The Hall–Kier alpha value is -5.26. The van der Waals surface area contributed by atoms with Gasteiger partial charge in [0.05, 0.1) is 43.1 Å². The van der Waals surface area contributed by atoms with Gasteiger partial charge in [0.1, 0.15) is 30.1 Å². The van der Waals surface area contributed by atoms with Crippen molar-refractivity contribution in [2.75, 3.05) is 66.3 Å². The minimum Gasteiger partial charge on any atom is -0.428 e. The fourth-order valence-corrected chi connectivity index (χ4v) is 7.61. The van der Waals surface area contributed by atoms with Crippen LogP contribution >= 0.6 is 11.8 Å². The van der Waals surface area contributed by atoms with Crippen LogP contribution in [0.3, 0.4) is 0 Å². The quantitative estimate of drug-likeness (QED) is 0.109. The molecule has 1 amide bonds. The molecule has 2 fully saturated rings. The van der Waals surface area contributed by atoms with Crippen LogP contribution in [0, 0.1) is 28.8 Å². The van der Waals surface area contributed by atoms with Crippen LogP contribution in [0.1, 0.15) is 36.5 Å². The molecule has 2 saturated heterocycles. The number of halogens is 3. The van der Waals surface area contributed by atoms with Crippen LogP contribution in [-0.2, 0) is 45.4 Å². The monoisotopic (exact) mass is 841 g/mol. The van der Waals surface area contributed by atoms with E-state index >= 15 is 4.39 Å². The number of allylic oxidation sites excluding steroid dienone is 2. The lowest BCUT2D eigenvalue weighted by Crippen LogP contribution is -2.47. The molecule has 3 aromatic rings. The Morgan fingerprint density at radius 1 is 1.05 bits per heavy atom. The number of rotatable bonds is 18. The van der Waals surface area contributed by atoms with Crippen molar-refractivity contribution in [3.8, 4) is 6.07 Å². The second-order valence-electron chi connectivity index (χ2n) is 13.8. The normalized spacial score (nSPS) is 19.2. The van der Waals surface area contributed by atoms with E-state index in [2.05, 4.69) is 32.2 Å². The zero-order valence-corrected chi connectivity index (χ0v) is 33.5. The van der Waals surface area contributed by atoms with E-state index in [1.165, 1.54) is 47.3 Å². The maximum Gasteiger partial charge on any atom is 0.512 e. The van der Waals surface area contributed by atoms with Crippen molar-refractivity contribution in [2.45, 2.75) is 48.7 Å². The first-order chi connectivity index (χ1) is 28.4. The van der Waals surface area contributed by atoms with Crippen LogP contribution < -0.4 is 5.32 Å². The summed E-state index contributed by atoms with van der Waals surface area (Å²) in [6.07, 6.45) is 6.51. The number of nitriles is 1. The molecule has 1 aromatic heterocycles. The number of amides is 1. The van der Waals surface area contributed by atoms with E-state index in [9.17, 15) is 23.2 Å². The number of carbonyl (C=O) groups is 3. The first-order valence-electron chi connectivity index (χ1n) is 18.8. The molecule has 0 bridgehead atoms. The van der Waals surface area contributed by atoms with E-state index in [4.69, 9.17) is 28.9 Å². The lowest BCUT2D eigenvalue weighted by molar-refractivity contribution is -0.156. The van der Waals surface area contributed by atoms with Gasteiger partial charge in [-0.3, -0.25) is 14.5 Å². The first kappa shape index (κ1) is 44.8. The highest BCUT2D eigenvalue weighted by Gasteiger charge is 2.47. The topological polar surface area (TPSA) is 170 Å². The van der Waals surface area contributed by atoms with Gasteiger partial charge in [0.2, 0.25) is 12.7 Å². The molecule has 5 rings (SSSR count). The highest BCUT2D eigenvalue weighted by molar-refractivity contribution is 8.00. The Bertz CT molecular complexity index is 1970. The SMILES string of the molecule is CC(SC1COC(C=CC=Cc2ccc(C#N)cc2F)OC1)C(Cn1cncn1)(OC(=O)OCOC(=O)CCC(=O)NCCN1CCN(C)CC1)c1ccc(F)cc1F. The molecule has 2 unspecified atom stereocenters. The summed E-state index contributed by atoms with van der Waals surface area (Å²) in [5, 5.41) is 14.7. The molecule has 0 radical (unpaired) electrons. The van der Waals surface area contributed by atoms with Crippen molar-refractivity contribution < 1.29 is 51.2 Å². The molecule has 0 saturated carbocycles. The Morgan fingerprint density at radius 3 is 2.53 bits per heavy atom. The average molecular weight is 842 g/mol. The largest absolute Gasteiger partial charge is 0.512 e. The van der Waals surface area contributed by atoms with E-state index in [-0.39, 0.29) is 54.9 Å². The van der Waals surface area contributed by atoms with Crippen LogP contribution in [0.15, 0.2) is 67.3 Å². The minimum atomic E-state index is -1.90. The number of piperazine rings is 1. The number of carbonyl (C=O) groups excluding carboxylic acids is 3. The van der Waals surface area contributed by atoms with Crippen molar-refractivity contribution in [1.29, 1.82) is 5.26 Å². The number of esters is 1. The number of likely N-dealkylation sites (N-methyl/N-ethyl adjacent to an activating group) is 1. The molecule has 2 atom stereocenters. The van der Waals surface area contributed by atoms with Crippen molar-refractivity contribution in [1.82, 2.24) is 29.9 Å². The molecule has 15 nitrogen and oxygen atoms in total. The first-order valence-corrected chi connectivity index (χ1v) is 19.8. The van der Waals surface area contributed by atoms with Gasteiger partial charge in [0, 0.05) is 68.1 Å². The van der Waals surface area contributed by atoms with Crippen LogP contribution in [0.4, 0.5) is 18.0 Å². The Morgan fingerprint density at radius 2 is 1.83 bits per heavy atom. The van der Waals surface area contributed by atoms with Gasteiger partial charge in [-0.15, -0.1) is 11.8 Å². The fraction of sp³-hybridized carbons (Fsp3) is 0.450. The van der Waals surface area contributed by atoms with E-state index in [0.29, 0.717) is 24.7 Å². The summed E-state index contributed by atoms with van der Waals surface area (Å²) in [7, 11) is 2.06. The van der Waals surface area contributed by atoms with Gasteiger partial charge < -0.3 is 33.9 Å².